The van der Waals surface area contributed by atoms with Crippen molar-refractivity contribution in [3.63, 3.8) is 0 Å². The molecule has 0 aliphatic carbocycles. The quantitative estimate of drug-likeness (QED) is 0.852. The fraction of sp³-hybridized carbons (Fsp3) is 0.600. The van der Waals surface area contributed by atoms with E-state index in [-0.39, 0.29) is 6.10 Å². The van der Waals surface area contributed by atoms with E-state index in [2.05, 4.69) is 36.1 Å². The summed E-state index contributed by atoms with van der Waals surface area (Å²) in [6, 6.07) is 8.71. The average molecular weight is 235 g/mol. The first-order chi connectivity index (χ1) is 8.24. The molecule has 17 heavy (non-hydrogen) atoms. The van der Waals surface area contributed by atoms with Crippen molar-refractivity contribution in [2.45, 2.75) is 46.3 Å². The van der Waals surface area contributed by atoms with E-state index in [4.69, 9.17) is 0 Å². The molecule has 1 fully saturated rings. The van der Waals surface area contributed by atoms with Crippen molar-refractivity contribution < 1.29 is 5.11 Å². The molecule has 1 saturated heterocycles. The van der Waals surface area contributed by atoms with Crippen LogP contribution >= 0.6 is 0 Å². The van der Waals surface area contributed by atoms with Gasteiger partial charge >= 0.3 is 0 Å². The lowest BCUT2D eigenvalue weighted by Crippen LogP contribution is -2.35. The predicted octanol–water partition coefficient (Wildman–Crippen LogP) is 2.98. The maximum atomic E-state index is 9.40. The van der Waals surface area contributed by atoms with Crippen molar-refractivity contribution in [1.29, 1.82) is 0 Å². The number of benzene rings is 1. The minimum absolute atomic E-state index is 0.0701. The summed E-state index contributed by atoms with van der Waals surface area (Å²) in [7, 11) is 0. The zero-order chi connectivity index (χ0) is 12.7. The van der Waals surface area contributed by atoms with E-state index in [1.54, 1.807) is 0 Å². The lowest BCUT2D eigenvalue weighted by Gasteiger charge is -2.29. The highest BCUT2D eigenvalue weighted by Crippen LogP contribution is 2.13. The smallest absolute Gasteiger partial charge is 0.0564 e. The molecule has 1 N–H and O–H groups in total. The molecule has 0 saturated carbocycles. The van der Waals surface area contributed by atoms with E-state index in [1.807, 2.05) is 13.8 Å². The van der Waals surface area contributed by atoms with Crippen molar-refractivity contribution in [2.24, 2.45) is 0 Å². The second-order valence-corrected chi connectivity index (χ2v) is 4.49. The highest BCUT2D eigenvalue weighted by Gasteiger charge is 2.16. The second-order valence-electron chi connectivity index (χ2n) is 4.49. The number of piperidine rings is 1. The Kier molecular flexibility index (Phi) is 6.23. The molecule has 1 aliphatic rings. The monoisotopic (exact) mass is 235 g/mol. The van der Waals surface area contributed by atoms with Gasteiger partial charge in [0, 0.05) is 19.6 Å². The van der Waals surface area contributed by atoms with Crippen LogP contribution in [0, 0.1) is 6.92 Å². The largest absolute Gasteiger partial charge is 0.393 e. The van der Waals surface area contributed by atoms with Crippen LogP contribution in [-0.2, 0) is 6.54 Å². The van der Waals surface area contributed by atoms with Gasteiger partial charge in [-0.3, -0.25) is 4.90 Å². The molecule has 96 valence electrons. The van der Waals surface area contributed by atoms with E-state index in [0.29, 0.717) is 0 Å². The third kappa shape index (κ3) is 4.88. The molecule has 2 rings (SSSR count). The first-order valence-corrected chi connectivity index (χ1v) is 6.70. The molecule has 1 aromatic rings. The number of likely N-dealkylation sites (tertiary alicyclic amines) is 1. The molecule has 0 bridgehead atoms. The Balaban J connectivity index is 0.000000686. The van der Waals surface area contributed by atoms with Crippen molar-refractivity contribution in [1.82, 2.24) is 4.90 Å². The van der Waals surface area contributed by atoms with Crippen LogP contribution in [0.15, 0.2) is 24.3 Å². The van der Waals surface area contributed by atoms with Crippen LogP contribution in [0.3, 0.4) is 0 Å². The van der Waals surface area contributed by atoms with E-state index < -0.39 is 0 Å². The van der Waals surface area contributed by atoms with Gasteiger partial charge < -0.3 is 5.11 Å². The molecule has 1 aliphatic heterocycles. The van der Waals surface area contributed by atoms with Gasteiger partial charge in [0.15, 0.2) is 0 Å². The van der Waals surface area contributed by atoms with Crippen LogP contribution in [0.4, 0.5) is 0 Å². The molecule has 0 spiro atoms. The summed E-state index contributed by atoms with van der Waals surface area (Å²) in [4.78, 5) is 2.41. The minimum atomic E-state index is -0.0701. The van der Waals surface area contributed by atoms with E-state index in [1.165, 1.54) is 11.1 Å². The van der Waals surface area contributed by atoms with Crippen molar-refractivity contribution in [2.75, 3.05) is 13.1 Å². The summed E-state index contributed by atoms with van der Waals surface area (Å²) in [5, 5.41) is 9.40. The third-order valence-corrected chi connectivity index (χ3v) is 3.08. The molecule has 2 heteroatoms. The van der Waals surface area contributed by atoms with Gasteiger partial charge in [0.1, 0.15) is 0 Å². The molecular formula is C15H25NO. The van der Waals surface area contributed by atoms with E-state index >= 15 is 0 Å². The standard InChI is InChI=1S/C13H19NO.C2H6/c1-11-2-4-12(5-3-11)10-14-8-6-13(15)7-9-14;1-2/h2-5,13,15H,6-10H2,1H3;1-2H3. The lowest BCUT2D eigenvalue weighted by atomic mass is 10.1. The summed E-state index contributed by atoms with van der Waals surface area (Å²) in [6.45, 7) is 9.18. The maximum absolute atomic E-state index is 9.40. The number of aliphatic hydroxyl groups excluding tert-OH is 1. The average Bonchev–Trinajstić information content (AvgIpc) is 2.37. The number of aryl methyl sites for hydroxylation is 1. The molecular weight excluding hydrogens is 210 g/mol. The van der Waals surface area contributed by atoms with Crippen molar-refractivity contribution >= 4 is 0 Å². The number of hydrogen-bond donors (Lipinski definition) is 1. The highest BCUT2D eigenvalue weighted by atomic mass is 16.3. The highest BCUT2D eigenvalue weighted by molar-refractivity contribution is 5.21. The Morgan fingerprint density at radius 1 is 1.12 bits per heavy atom. The molecule has 0 amide bonds. The zero-order valence-electron chi connectivity index (χ0n) is 11.3. The van der Waals surface area contributed by atoms with Crippen molar-refractivity contribution in [3.8, 4) is 0 Å². The minimum Gasteiger partial charge on any atom is -0.393 e. The van der Waals surface area contributed by atoms with Gasteiger partial charge in [-0.1, -0.05) is 43.7 Å². The summed E-state index contributed by atoms with van der Waals surface area (Å²) in [5.41, 5.74) is 2.69. The predicted molar refractivity (Wildman–Crippen MR) is 73.0 cm³/mol. The van der Waals surface area contributed by atoms with Gasteiger partial charge in [0.25, 0.3) is 0 Å². The van der Waals surface area contributed by atoms with E-state index in [0.717, 1.165) is 32.5 Å². The first-order valence-electron chi connectivity index (χ1n) is 6.70. The van der Waals surface area contributed by atoms with Crippen LogP contribution in [0.1, 0.15) is 37.8 Å². The summed E-state index contributed by atoms with van der Waals surface area (Å²) in [6.07, 6.45) is 1.77. The fourth-order valence-corrected chi connectivity index (χ4v) is 2.03. The Labute approximate surface area is 105 Å². The molecule has 1 aromatic carbocycles. The third-order valence-electron chi connectivity index (χ3n) is 3.08. The maximum Gasteiger partial charge on any atom is 0.0564 e. The number of nitrogens with zero attached hydrogens (tertiary/aromatic N) is 1. The van der Waals surface area contributed by atoms with Crippen molar-refractivity contribution in [3.05, 3.63) is 35.4 Å². The van der Waals surface area contributed by atoms with Crippen LogP contribution in [0.5, 0.6) is 0 Å². The first kappa shape index (κ1) is 14.2. The molecule has 0 aromatic heterocycles. The Bertz CT molecular complexity index is 299. The van der Waals surface area contributed by atoms with Crippen LogP contribution < -0.4 is 0 Å². The number of hydrogen-bond acceptors (Lipinski definition) is 2. The Morgan fingerprint density at radius 3 is 2.18 bits per heavy atom. The van der Waals surface area contributed by atoms with Gasteiger partial charge in [-0.05, 0) is 25.3 Å². The topological polar surface area (TPSA) is 23.5 Å². The lowest BCUT2D eigenvalue weighted by molar-refractivity contribution is 0.0792. The Hall–Kier alpha value is -0.860. The van der Waals surface area contributed by atoms with Crippen LogP contribution in [-0.4, -0.2) is 29.2 Å². The van der Waals surface area contributed by atoms with Crippen LogP contribution in [0.25, 0.3) is 0 Å². The normalized spacial score (nSPS) is 17.4. The van der Waals surface area contributed by atoms with Crippen LogP contribution in [0.2, 0.25) is 0 Å². The summed E-state index contributed by atoms with van der Waals surface area (Å²) >= 11 is 0. The summed E-state index contributed by atoms with van der Waals surface area (Å²) < 4.78 is 0. The SMILES string of the molecule is CC.Cc1ccc(CN2CCC(O)CC2)cc1. The molecule has 0 atom stereocenters. The number of rotatable bonds is 2. The fourth-order valence-electron chi connectivity index (χ4n) is 2.03. The summed E-state index contributed by atoms with van der Waals surface area (Å²) in [5.74, 6) is 0. The van der Waals surface area contributed by atoms with Gasteiger partial charge in [0.05, 0.1) is 6.10 Å². The molecule has 0 unspecified atom stereocenters. The molecule has 1 heterocycles. The van der Waals surface area contributed by atoms with Gasteiger partial charge in [-0.15, -0.1) is 0 Å². The zero-order valence-corrected chi connectivity index (χ0v) is 11.3. The Morgan fingerprint density at radius 2 is 1.65 bits per heavy atom. The molecule has 0 radical (unpaired) electrons. The van der Waals surface area contributed by atoms with Gasteiger partial charge in [0.2, 0.25) is 0 Å². The van der Waals surface area contributed by atoms with Gasteiger partial charge in [-0.25, -0.2) is 0 Å². The molecule has 2 nitrogen and oxygen atoms in total. The van der Waals surface area contributed by atoms with Gasteiger partial charge in [-0.2, -0.15) is 0 Å². The number of aliphatic hydroxyl groups is 1. The second kappa shape index (κ2) is 7.46. The van der Waals surface area contributed by atoms with E-state index in [9.17, 15) is 5.11 Å².